The van der Waals surface area contributed by atoms with Crippen LogP contribution in [0.25, 0.3) is 0 Å². The van der Waals surface area contributed by atoms with Gasteiger partial charge in [-0.3, -0.25) is 4.98 Å². The zero-order chi connectivity index (χ0) is 17.1. The lowest BCUT2D eigenvalue weighted by Gasteiger charge is -2.22. The van der Waals surface area contributed by atoms with Crippen molar-refractivity contribution < 1.29 is 4.74 Å². The lowest BCUT2D eigenvalue weighted by molar-refractivity contribution is 0.395. The molecule has 0 fully saturated rings. The Hall–Kier alpha value is -3.03. The molecule has 128 valence electrons. The van der Waals surface area contributed by atoms with Crippen molar-refractivity contribution >= 4 is 5.82 Å². The lowest BCUT2D eigenvalue weighted by atomic mass is 10.2. The van der Waals surface area contributed by atoms with E-state index in [0.717, 1.165) is 55.5 Å². The van der Waals surface area contributed by atoms with Crippen LogP contribution in [0.5, 0.6) is 5.88 Å². The average Bonchev–Trinajstić information content (AvgIpc) is 2.91. The maximum absolute atomic E-state index is 5.34. The van der Waals surface area contributed by atoms with E-state index in [0.29, 0.717) is 5.88 Å². The van der Waals surface area contributed by atoms with Gasteiger partial charge in [-0.25, -0.2) is 9.97 Å². The number of anilines is 1. The molecule has 1 aliphatic rings. The van der Waals surface area contributed by atoms with Gasteiger partial charge in [0.2, 0.25) is 0 Å². The second kappa shape index (κ2) is 6.84. The third-order valence-electron chi connectivity index (χ3n) is 4.33. The van der Waals surface area contributed by atoms with E-state index in [-0.39, 0.29) is 0 Å². The molecule has 25 heavy (non-hydrogen) atoms. The van der Waals surface area contributed by atoms with Gasteiger partial charge in [-0.05, 0) is 11.6 Å². The van der Waals surface area contributed by atoms with Crippen molar-refractivity contribution in [3.63, 3.8) is 0 Å². The molecule has 0 spiro atoms. The first-order valence-corrected chi connectivity index (χ1v) is 8.25. The first-order chi connectivity index (χ1) is 12.3. The van der Waals surface area contributed by atoms with Crippen molar-refractivity contribution in [1.29, 1.82) is 0 Å². The Morgan fingerprint density at radius 2 is 2.00 bits per heavy atom. The predicted molar refractivity (Wildman–Crippen MR) is 91.6 cm³/mol. The van der Waals surface area contributed by atoms with Gasteiger partial charge >= 0.3 is 0 Å². The van der Waals surface area contributed by atoms with Crippen LogP contribution in [-0.4, -0.2) is 49.9 Å². The smallest absolute Gasteiger partial charge is 0.257 e. The number of methoxy groups -OCH3 is 1. The number of ether oxygens (including phenoxy) is 1. The molecule has 4 heterocycles. The van der Waals surface area contributed by atoms with Crippen LogP contribution in [0, 0.1) is 0 Å². The fourth-order valence-electron chi connectivity index (χ4n) is 3.09. The molecule has 1 aliphatic heterocycles. The van der Waals surface area contributed by atoms with Crippen LogP contribution < -0.4 is 9.64 Å². The van der Waals surface area contributed by atoms with E-state index in [2.05, 4.69) is 40.7 Å². The number of fused-ring (bicyclic) bond motifs is 1. The minimum Gasteiger partial charge on any atom is -0.478 e. The minimum absolute atomic E-state index is 0.552. The van der Waals surface area contributed by atoms with E-state index in [1.807, 2.05) is 12.3 Å². The summed E-state index contributed by atoms with van der Waals surface area (Å²) < 4.78 is 7.55. The maximum Gasteiger partial charge on any atom is 0.257 e. The van der Waals surface area contributed by atoms with Crippen LogP contribution in [-0.2, 0) is 19.4 Å². The van der Waals surface area contributed by atoms with Crippen LogP contribution >= 0.6 is 0 Å². The molecular weight excluding hydrogens is 318 g/mol. The molecule has 0 saturated heterocycles. The van der Waals surface area contributed by atoms with Gasteiger partial charge in [-0.1, -0.05) is 6.07 Å². The zero-order valence-corrected chi connectivity index (χ0v) is 14.0. The van der Waals surface area contributed by atoms with Crippen molar-refractivity contribution in [2.45, 2.75) is 19.4 Å². The Morgan fingerprint density at radius 1 is 1.08 bits per heavy atom. The summed E-state index contributed by atoms with van der Waals surface area (Å²) in [6.45, 7) is 2.41. The van der Waals surface area contributed by atoms with E-state index in [4.69, 9.17) is 4.74 Å². The number of hydrogen-bond acceptors (Lipinski definition) is 7. The molecule has 0 unspecified atom stereocenters. The molecule has 3 aromatic rings. The second-order valence-corrected chi connectivity index (χ2v) is 5.85. The van der Waals surface area contributed by atoms with Gasteiger partial charge in [0.15, 0.2) is 5.82 Å². The highest BCUT2D eigenvalue weighted by atomic mass is 16.5. The van der Waals surface area contributed by atoms with E-state index in [1.54, 1.807) is 25.7 Å². The van der Waals surface area contributed by atoms with Crippen molar-refractivity contribution in [3.8, 4) is 5.88 Å². The molecule has 0 N–H and O–H groups in total. The standard InChI is InChI=1S/C17H19N7O/c1-25-17-16(19-6-7-20-17)23-8-4-14-21-22-15(24(14)10-9-23)11-13-3-2-5-18-12-13/h2-3,5-7,12H,4,8-11H2,1H3. The molecule has 0 amide bonds. The normalized spacial score (nSPS) is 14.0. The first kappa shape index (κ1) is 15.5. The molecule has 0 bridgehead atoms. The molecule has 0 atom stereocenters. The fourth-order valence-corrected chi connectivity index (χ4v) is 3.09. The third-order valence-corrected chi connectivity index (χ3v) is 4.33. The highest BCUT2D eigenvalue weighted by molar-refractivity contribution is 5.48. The topological polar surface area (TPSA) is 81.8 Å². The van der Waals surface area contributed by atoms with Crippen LogP contribution in [0.4, 0.5) is 5.82 Å². The van der Waals surface area contributed by atoms with Crippen molar-refractivity contribution in [1.82, 2.24) is 29.7 Å². The summed E-state index contributed by atoms with van der Waals surface area (Å²) in [5, 5.41) is 8.76. The number of hydrogen-bond donors (Lipinski definition) is 0. The summed E-state index contributed by atoms with van der Waals surface area (Å²) >= 11 is 0. The Labute approximate surface area is 145 Å². The highest BCUT2D eigenvalue weighted by Gasteiger charge is 2.22. The lowest BCUT2D eigenvalue weighted by Crippen LogP contribution is -2.28. The van der Waals surface area contributed by atoms with Crippen LogP contribution in [0.15, 0.2) is 36.9 Å². The van der Waals surface area contributed by atoms with Gasteiger partial charge in [0.25, 0.3) is 5.88 Å². The molecular formula is C17H19N7O. The number of rotatable bonds is 4. The summed E-state index contributed by atoms with van der Waals surface area (Å²) in [7, 11) is 1.62. The summed E-state index contributed by atoms with van der Waals surface area (Å²) in [5.74, 6) is 3.30. The Morgan fingerprint density at radius 3 is 2.84 bits per heavy atom. The van der Waals surface area contributed by atoms with Crippen molar-refractivity contribution in [2.24, 2.45) is 0 Å². The molecule has 4 rings (SSSR count). The summed E-state index contributed by atoms with van der Waals surface area (Å²) in [5.41, 5.74) is 1.13. The first-order valence-electron chi connectivity index (χ1n) is 8.25. The Balaban J connectivity index is 1.55. The number of aromatic nitrogens is 6. The summed E-state index contributed by atoms with van der Waals surface area (Å²) in [4.78, 5) is 15.0. The Bertz CT molecular complexity index is 849. The third kappa shape index (κ3) is 3.15. The quantitative estimate of drug-likeness (QED) is 0.705. The highest BCUT2D eigenvalue weighted by Crippen LogP contribution is 2.24. The molecule has 3 aromatic heterocycles. The SMILES string of the molecule is COc1nccnc1N1CCc2nnc(Cc3cccnc3)n2CC1. The van der Waals surface area contributed by atoms with Crippen LogP contribution in [0.2, 0.25) is 0 Å². The molecule has 0 aromatic carbocycles. The molecule has 0 aliphatic carbocycles. The second-order valence-electron chi connectivity index (χ2n) is 5.85. The monoisotopic (exact) mass is 337 g/mol. The predicted octanol–water partition coefficient (Wildman–Crippen LogP) is 1.13. The number of pyridine rings is 1. The molecule has 8 heteroatoms. The minimum atomic E-state index is 0.552. The van der Waals surface area contributed by atoms with Crippen molar-refractivity contribution in [2.75, 3.05) is 25.1 Å². The summed E-state index contributed by atoms with van der Waals surface area (Å²) in [6, 6.07) is 4.00. The molecule has 8 nitrogen and oxygen atoms in total. The number of nitrogens with zero attached hydrogens (tertiary/aromatic N) is 7. The maximum atomic E-state index is 5.34. The molecule has 0 saturated carbocycles. The van der Waals surface area contributed by atoms with E-state index < -0.39 is 0 Å². The van der Waals surface area contributed by atoms with Gasteiger partial charge in [0, 0.05) is 57.3 Å². The Kier molecular flexibility index (Phi) is 4.24. The van der Waals surface area contributed by atoms with Gasteiger partial charge in [-0.15, -0.1) is 10.2 Å². The van der Waals surface area contributed by atoms with Gasteiger partial charge in [-0.2, -0.15) is 0 Å². The van der Waals surface area contributed by atoms with E-state index in [9.17, 15) is 0 Å². The zero-order valence-electron chi connectivity index (χ0n) is 14.0. The average molecular weight is 337 g/mol. The van der Waals surface area contributed by atoms with Crippen molar-refractivity contribution in [3.05, 3.63) is 54.1 Å². The summed E-state index contributed by atoms with van der Waals surface area (Å²) in [6.07, 6.45) is 8.52. The van der Waals surface area contributed by atoms with Crippen LogP contribution in [0.1, 0.15) is 17.2 Å². The van der Waals surface area contributed by atoms with E-state index >= 15 is 0 Å². The molecule has 0 radical (unpaired) electrons. The fraction of sp³-hybridized carbons (Fsp3) is 0.353. The largest absolute Gasteiger partial charge is 0.478 e. The van der Waals surface area contributed by atoms with Gasteiger partial charge in [0.05, 0.1) is 7.11 Å². The van der Waals surface area contributed by atoms with E-state index in [1.165, 1.54) is 0 Å². The van der Waals surface area contributed by atoms with Gasteiger partial charge < -0.3 is 14.2 Å². The van der Waals surface area contributed by atoms with Crippen LogP contribution in [0.3, 0.4) is 0 Å². The van der Waals surface area contributed by atoms with Gasteiger partial charge in [0.1, 0.15) is 11.6 Å².